The summed E-state index contributed by atoms with van der Waals surface area (Å²) in [6.45, 7) is 8.11. The summed E-state index contributed by atoms with van der Waals surface area (Å²) in [5, 5.41) is 0. The van der Waals surface area contributed by atoms with Crippen LogP contribution in [0.3, 0.4) is 0 Å². The summed E-state index contributed by atoms with van der Waals surface area (Å²) >= 11 is 0. The number of carbonyl (C=O) groups excluding carboxylic acids is 1. The lowest BCUT2D eigenvalue weighted by Gasteiger charge is -2.28. The second kappa shape index (κ2) is 8.68. The van der Waals surface area contributed by atoms with Crippen molar-refractivity contribution in [3.8, 4) is 0 Å². The van der Waals surface area contributed by atoms with E-state index in [1.54, 1.807) is 0 Å². The van der Waals surface area contributed by atoms with Crippen LogP contribution in [0.25, 0.3) is 6.08 Å². The number of hydrogen-bond acceptors (Lipinski definition) is 1. The number of hydrogen-bond donors (Lipinski definition) is 0. The molecule has 1 aromatic rings. The van der Waals surface area contributed by atoms with E-state index in [9.17, 15) is 0 Å². The van der Waals surface area contributed by atoms with Crippen molar-refractivity contribution < 1.29 is 4.79 Å². The fourth-order valence-electron chi connectivity index (χ4n) is 3.10. The van der Waals surface area contributed by atoms with E-state index in [1.807, 2.05) is 12.9 Å². The van der Waals surface area contributed by atoms with Crippen LogP contribution in [0.2, 0.25) is 0 Å². The largest absolute Gasteiger partial charge is 0.307 e. The third-order valence-electron chi connectivity index (χ3n) is 4.19. The highest BCUT2D eigenvalue weighted by molar-refractivity contribution is 5.47. The standard InChI is InChI=1S/C17H24.CH2O/c1-3-5-15-8-12-17(13-9-15)16-10-6-14(4-2)7-11-16;1-2/h4,6-7,10-11,15,17H,2-3,5,8-9,12-13H2,1H3;1H2. The van der Waals surface area contributed by atoms with E-state index in [0.717, 1.165) is 11.8 Å². The Bertz CT molecular complexity index is 358. The first-order valence-corrected chi connectivity index (χ1v) is 7.34. The van der Waals surface area contributed by atoms with Gasteiger partial charge >= 0.3 is 0 Å². The fraction of sp³-hybridized carbons (Fsp3) is 0.500. The molecule has 2 rings (SSSR count). The smallest absolute Gasteiger partial charge is 0.106 e. The monoisotopic (exact) mass is 258 g/mol. The van der Waals surface area contributed by atoms with Crippen molar-refractivity contribution in [2.24, 2.45) is 5.92 Å². The molecular formula is C18H26O. The quantitative estimate of drug-likeness (QED) is 0.723. The lowest BCUT2D eigenvalue weighted by Crippen LogP contribution is -2.13. The van der Waals surface area contributed by atoms with E-state index in [0.29, 0.717) is 0 Å². The molecule has 1 fully saturated rings. The van der Waals surface area contributed by atoms with Gasteiger partial charge in [-0.15, -0.1) is 0 Å². The van der Waals surface area contributed by atoms with Crippen LogP contribution in [-0.4, -0.2) is 6.79 Å². The van der Waals surface area contributed by atoms with Crippen molar-refractivity contribution in [3.05, 3.63) is 42.0 Å². The van der Waals surface area contributed by atoms with Gasteiger partial charge in [-0.25, -0.2) is 0 Å². The minimum atomic E-state index is 0.807. The summed E-state index contributed by atoms with van der Waals surface area (Å²) in [4.78, 5) is 8.00. The zero-order chi connectivity index (χ0) is 14.1. The van der Waals surface area contributed by atoms with Crippen molar-refractivity contribution in [1.82, 2.24) is 0 Å². The zero-order valence-electron chi connectivity index (χ0n) is 12.1. The van der Waals surface area contributed by atoms with E-state index < -0.39 is 0 Å². The van der Waals surface area contributed by atoms with E-state index >= 15 is 0 Å². The Balaban J connectivity index is 0.000000861. The molecule has 0 spiro atoms. The molecule has 19 heavy (non-hydrogen) atoms. The van der Waals surface area contributed by atoms with Crippen LogP contribution >= 0.6 is 0 Å². The molecule has 0 amide bonds. The van der Waals surface area contributed by atoms with E-state index in [-0.39, 0.29) is 0 Å². The summed E-state index contributed by atoms with van der Waals surface area (Å²) in [5.74, 6) is 1.81. The Kier molecular flexibility index (Phi) is 7.17. The van der Waals surface area contributed by atoms with Crippen molar-refractivity contribution >= 4 is 12.9 Å². The molecule has 0 N–H and O–H groups in total. The Morgan fingerprint density at radius 2 is 1.68 bits per heavy atom. The van der Waals surface area contributed by atoms with Crippen LogP contribution in [0.15, 0.2) is 30.8 Å². The van der Waals surface area contributed by atoms with Gasteiger partial charge in [-0.1, -0.05) is 56.7 Å². The average molecular weight is 258 g/mol. The molecule has 1 heteroatoms. The van der Waals surface area contributed by atoms with Gasteiger partial charge < -0.3 is 4.79 Å². The molecule has 0 bridgehead atoms. The highest BCUT2D eigenvalue weighted by Crippen LogP contribution is 2.37. The van der Waals surface area contributed by atoms with Crippen LogP contribution in [0.4, 0.5) is 0 Å². The summed E-state index contributed by atoms with van der Waals surface area (Å²) in [6, 6.07) is 8.98. The molecule has 0 heterocycles. The average Bonchev–Trinajstić information content (AvgIpc) is 2.51. The van der Waals surface area contributed by atoms with Crippen LogP contribution in [-0.2, 0) is 4.79 Å². The predicted octanol–water partition coefficient (Wildman–Crippen LogP) is 5.22. The highest BCUT2D eigenvalue weighted by Gasteiger charge is 2.21. The molecule has 0 aromatic heterocycles. The highest BCUT2D eigenvalue weighted by atomic mass is 16.1. The topological polar surface area (TPSA) is 17.1 Å². The van der Waals surface area contributed by atoms with Crippen molar-refractivity contribution in [2.45, 2.75) is 51.4 Å². The Morgan fingerprint density at radius 1 is 1.11 bits per heavy atom. The Morgan fingerprint density at radius 3 is 2.16 bits per heavy atom. The first-order valence-electron chi connectivity index (χ1n) is 7.34. The third-order valence-corrected chi connectivity index (χ3v) is 4.19. The van der Waals surface area contributed by atoms with Crippen LogP contribution in [0, 0.1) is 5.92 Å². The second-order valence-corrected chi connectivity index (χ2v) is 5.38. The van der Waals surface area contributed by atoms with Gasteiger partial charge in [0.1, 0.15) is 6.79 Å². The number of carbonyl (C=O) groups is 1. The van der Waals surface area contributed by atoms with E-state index in [1.165, 1.54) is 49.7 Å². The molecule has 1 saturated carbocycles. The maximum Gasteiger partial charge on any atom is 0.106 e. The van der Waals surface area contributed by atoms with Gasteiger partial charge in [0.05, 0.1) is 0 Å². The lowest BCUT2D eigenvalue weighted by atomic mass is 9.77. The van der Waals surface area contributed by atoms with Gasteiger partial charge in [0, 0.05) is 0 Å². The molecule has 1 aromatic carbocycles. The summed E-state index contributed by atoms with van der Waals surface area (Å²) in [6.07, 6.45) is 10.3. The zero-order valence-corrected chi connectivity index (χ0v) is 12.1. The van der Waals surface area contributed by atoms with E-state index in [2.05, 4.69) is 37.8 Å². The molecule has 0 saturated heterocycles. The Hall–Kier alpha value is -1.37. The maximum atomic E-state index is 8.00. The first kappa shape index (κ1) is 15.7. The van der Waals surface area contributed by atoms with Crippen molar-refractivity contribution in [2.75, 3.05) is 0 Å². The summed E-state index contributed by atoms with van der Waals surface area (Å²) in [7, 11) is 0. The van der Waals surface area contributed by atoms with Crippen LogP contribution < -0.4 is 0 Å². The van der Waals surface area contributed by atoms with Gasteiger partial charge in [0.2, 0.25) is 0 Å². The predicted molar refractivity (Wildman–Crippen MR) is 83.3 cm³/mol. The molecule has 104 valence electrons. The molecule has 0 radical (unpaired) electrons. The lowest BCUT2D eigenvalue weighted by molar-refractivity contribution is -0.0979. The van der Waals surface area contributed by atoms with Gasteiger partial charge in [-0.05, 0) is 48.6 Å². The van der Waals surface area contributed by atoms with Crippen LogP contribution in [0.5, 0.6) is 0 Å². The van der Waals surface area contributed by atoms with E-state index in [4.69, 9.17) is 4.79 Å². The molecule has 0 atom stereocenters. The summed E-state index contributed by atoms with van der Waals surface area (Å²) in [5.41, 5.74) is 2.76. The maximum absolute atomic E-state index is 8.00. The number of rotatable bonds is 4. The van der Waals surface area contributed by atoms with Gasteiger partial charge in [0.15, 0.2) is 0 Å². The second-order valence-electron chi connectivity index (χ2n) is 5.38. The fourth-order valence-corrected chi connectivity index (χ4v) is 3.10. The first-order chi connectivity index (χ1) is 9.33. The van der Waals surface area contributed by atoms with Crippen LogP contribution in [0.1, 0.15) is 62.5 Å². The third kappa shape index (κ3) is 4.66. The van der Waals surface area contributed by atoms with Gasteiger partial charge in [-0.3, -0.25) is 0 Å². The molecule has 1 nitrogen and oxygen atoms in total. The molecule has 0 unspecified atom stereocenters. The normalized spacial score (nSPS) is 22.2. The summed E-state index contributed by atoms with van der Waals surface area (Å²) < 4.78 is 0. The Labute approximate surface area is 117 Å². The minimum Gasteiger partial charge on any atom is -0.307 e. The van der Waals surface area contributed by atoms with Crippen molar-refractivity contribution in [1.29, 1.82) is 0 Å². The number of benzene rings is 1. The minimum absolute atomic E-state index is 0.807. The van der Waals surface area contributed by atoms with Crippen molar-refractivity contribution in [3.63, 3.8) is 0 Å². The molecular weight excluding hydrogens is 232 g/mol. The van der Waals surface area contributed by atoms with Gasteiger partial charge in [0.25, 0.3) is 0 Å². The molecule has 1 aliphatic carbocycles. The SMILES string of the molecule is C=Cc1ccc(C2CCC(CCC)CC2)cc1.C=O. The molecule has 0 aliphatic heterocycles. The molecule has 1 aliphatic rings. The van der Waals surface area contributed by atoms with Gasteiger partial charge in [-0.2, -0.15) is 0 Å².